The number of carbonyl (C=O) groups excluding carboxylic acids is 1. The second-order valence-corrected chi connectivity index (χ2v) is 6.22. The standard InChI is InChI=1S/C16H19N3O3S/c1-10-3-4-14-12(7-10)15(20)11(9-22-14)8-18-19-16(21)13(17)5-6-23-2/h3-4,7-9,13H,5-6,17H2,1-2H3,(H,19,21)/p+1. The maximum Gasteiger partial charge on any atom is 0.298 e. The zero-order chi connectivity index (χ0) is 16.8. The van der Waals surface area contributed by atoms with E-state index < -0.39 is 0 Å². The van der Waals surface area contributed by atoms with Crippen LogP contribution >= 0.6 is 11.8 Å². The normalized spacial score (nSPS) is 12.7. The summed E-state index contributed by atoms with van der Waals surface area (Å²) in [7, 11) is 0. The number of nitrogens with one attached hydrogen (secondary N) is 1. The van der Waals surface area contributed by atoms with Crippen molar-refractivity contribution in [3.8, 4) is 0 Å². The first-order valence-corrected chi connectivity index (χ1v) is 8.59. The average molecular weight is 334 g/mol. The highest BCUT2D eigenvalue weighted by atomic mass is 32.2. The Balaban J connectivity index is 2.11. The minimum Gasteiger partial charge on any atom is -0.463 e. The van der Waals surface area contributed by atoms with Crippen LogP contribution in [0.25, 0.3) is 11.0 Å². The molecule has 0 fully saturated rings. The smallest absolute Gasteiger partial charge is 0.298 e. The van der Waals surface area contributed by atoms with Crippen LogP contribution in [0.4, 0.5) is 0 Å². The molecule has 0 spiro atoms. The monoisotopic (exact) mass is 334 g/mol. The van der Waals surface area contributed by atoms with Crippen LogP contribution in [0.15, 0.2) is 38.8 Å². The molecule has 0 saturated heterocycles. The molecule has 122 valence electrons. The summed E-state index contributed by atoms with van der Waals surface area (Å²) < 4.78 is 5.42. The summed E-state index contributed by atoms with van der Waals surface area (Å²) in [4.78, 5) is 24.1. The Kier molecular flexibility index (Phi) is 5.95. The van der Waals surface area contributed by atoms with Crippen molar-refractivity contribution >= 4 is 34.9 Å². The van der Waals surface area contributed by atoms with Crippen molar-refractivity contribution in [3.63, 3.8) is 0 Å². The molecule has 1 aromatic carbocycles. The lowest BCUT2D eigenvalue weighted by atomic mass is 10.1. The molecule has 0 radical (unpaired) electrons. The Morgan fingerprint density at radius 1 is 1.52 bits per heavy atom. The molecule has 1 aromatic heterocycles. The lowest BCUT2D eigenvalue weighted by molar-refractivity contribution is -0.403. The van der Waals surface area contributed by atoms with Crippen molar-refractivity contribution in [2.45, 2.75) is 19.4 Å². The van der Waals surface area contributed by atoms with Crippen LogP contribution in [-0.4, -0.2) is 30.2 Å². The number of rotatable bonds is 6. The number of quaternary nitrogens is 1. The van der Waals surface area contributed by atoms with E-state index in [2.05, 4.69) is 16.3 Å². The molecular weight excluding hydrogens is 314 g/mol. The quantitative estimate of drug-likeness (QED) is 0.606. The van der Waals surface area contributed by atoms with Gasteiger partial charge in [0, 0.05) is 6.42 Å². The van der Waals surface area contributed by atoms with Gasteiger partial charge in [-0.25, -0.2) is 5.43 Å². The van der Waals surface area contributed by atoms with Crippen LogP contribution < -0.4 is 16.6 Å². The van der Waals surface area contributed by atoms with E-state index in [1.54, 1.807) is 23.9 Å². The summed E-state index contributed by atoms with van der Waals surface area (Å²) in [5.41, 5.74) is 7.80. The van der Waals surface area contributed by atoms with Gasteiger partial charge in [0.25, 0.3) is 5.91 Å². The summed E-state index contributed by atoms with van der Waals surface area (Å²) in [6.07, 6.45) is 5.29. The highest BCUT2D eigenvalue weighted by molar-refractivity contribution is 7.98. The van der Waals surface area contributed by atoms with Gasteiger partial charge in [-0.1, -0.05) is 11.6 Å². The van der Waals surface area contributed by atoms with Crippen molar-refractivity contribution in [2.24, 2.45) is 5.10 Å². The minimum absolute atomic E-state index is 0.179. The van der Waals surface area contributed by atoms with Crippen LogP contribution in [0.3, 0.4) is 0 Å². The fourth-order valence-electron chi connectivity index (χ4n) is 2.00. The fourth-order valence-corrected chi connectivity index (χ4v) is 2.52. The van der Waals surface area contributed by atoms with Crippen LogP contribution in [-0.2, 0) is 4.79 Å². The van der Waals surface area contributed by atoms with Crippen LogP contribution in [0.5, 0.6) is 0 Å². The molecule has 23 heavy (non-hydrogen) atoms. The number of hydrazone groups is 1. The molecule has 0 bridgehead atoms. The maximum atomic E-state index is 12.4. The van der Waals surface area contributed by atoms with Gasteiger partial charge < -0.3 is 10.2 Å². The van der Waals surface area contributed by atoms with Gasteiger partial charge in [0.05, 0.1) is 17.2 Å². The first-order chi connectivity index (χ1) is 11.0. The summed E-state index contributed by atoms with van der Waals surface area (Å²) in [6.45, 7) is 1.91. The first kappa shape index (κ1) is 17.2. The number of nitrogens with zero attached hydrogens (tertiary/aromatic N) is 1. The van der Waals surface area contributed by atoms with Crippen molar-refractivity contribution in [3.05, 3.63) is 45.8 Å². The number of thioether (sulfide) groups is 1. The zero-order valence-electron chi connectivity index (χ0n) is 13.2. The number of benzene rings is 1. The van der Waals surface area contributed by atoms with Crippen molar-refractivity contribution in [1.29, 1.82) is 0 Å². The molecule has 1 heterocycles. The third kappa shape index (κ3) is 4.43. The number of amides is 1. The third-order valence-corrected chi connectivity index (χ3v) is 4.02. The Hall–Kier alpha value is -2.12. The second kappa shape index (κ2) is 7.94. The maximum absolute atomic E-state index is 12.4. The van der Waals surface area contributed by atoms with E-state index in [4.69, 9.17) is 4.42 Å². The van der Waals surface area contributed by atoms with Gasteiger partial charge in [-0.05, 0) is 31.1 Å². The highest BCUT2D eigenvalue weighted by Gasteiger charge is 2.15. The highest BCUT2D eigenvalue weighted by Crippen LogP contribution is 2.12. The van der Waals surface area contributed by atoms with Gasteiger partial charge >= 0.3 is 0 Å². The molecule has 0 saturated carbocycles. The molecular formula is C16H20N3O3S+. The molecule has 0 aliphatic carbocycles. The molecule has 2 rings (SSSR count). The van der Waals surface area contributed by atoms with E-state index in [1.807, 2.05) is 19.2 Å². The predicted molar refractivity (Wildman–Crippen MR) is 92.6 cm³/mol. The van der Waals surface area contributed by atoms with Crippen LogP contribution in [0, 0.1) is 6.92 Å². The Bertz CT molecular complexity index is 786. The van der Waals surface area contributed by atoms with E-state index in [0.29, 0.717) is 17.4 Å². The van der Waals surface area contributed by atoms with Crippen LogP contribution in [0.1, 0.15) is 17.5 Å². The van der Waals surface area contributed by atoms with E-state index in [1.165, 1.54) is 12.5 Å². The zero-order valence-corrected chi connectivity index (χ0v) is 14.0. The molecule has 0 aliphatic heterocycles. The molecule has 0 aliphatic rings. The largest absolute Gasteiger partial charge is 0.463 e. The van der Waals surface area contributed by atoms with Crippen LogP contribution in [0.2, 0.25) is 0 Å². The lowest BCUT2D eigenvalue weighted by Crippen LogP contribution is -2.67. The van der Waals surface area contributed by atoms with E-state index in [0.717, 1.165) is 11.3 Å². The number of carbonyl (C=O) groups is 1. The van der Waals surface area contributed by atoms with E-state index in [9.17, 15) is 9.59 Å². The predicted octanol–water partition coefficient (Wildman–Crippen LogP) is 0.915. The Morgan fingerprint density at radius 3 is 3.04 bits per heavy atom. The SMILES string of the molecule is CSCCC([NH3+])C(=O)NN=Cc1coc2ccc(C)cc2c1=O. The molecule has 1 amide bonds. The molecule has 6 nitrogen and oxygen atoms in total. The minimum atomic E-state index is -0.365. The number of aryl methyl sites for hydroxylation is 1. The summed E-state index contributed by atoms with van der Waals surface area (Å²) in [5.74, 6) is 0.593. The van der Waals surface area contributed by atoms with Gasteiger partial charge in [0.2, 0.25) is 5.43 Å². The van der Waals surface area contributed by atoms with Gasteiger partial charge in [0.15, 0.2) is 6.04 Å². The van der Waals surface area contributed by atoms with Crippen molar-refractivity contribution in [2.75, 3.05) is 12.0 Å². The van der Waals surface area contributed by atoms with Gasteiger partial charge in [-0.3, -0.25) is 9.59 Å². The summed E-state index contributed by atoms with van der Waals surface area (Å²) in [5, 5.41) is 4.33. The molecule has 7 heteroatoms. The second-order valence-electron chi connectivity index (χ2n) is 5.23. The molecule has 1 unspecified atom stereocenters. The lowest BCUT2D eigenvalue weighted by Gasteiger charge is -2.05. The third-order valence-electron chi connectivity index (χ3n) is 3.37. The summed E-state index contributed by atoms with van der Waals surface area (Å²) >= 11 is 1.66. The molecule has 4 N–H and O–H groups in total. The number of fused-ring (bicyclic) bond motifs is 1. The number of hydrogen-bond donors (Lipinski definition) is 2. The fraction of sp³-hybridized carbons (Fsp3) is 0.312. The van der Waals surface area contributed by atoms with Gasteiger partial charge in [0.1, 0.15) is 11.8 Å². The van der Waals surface area contributed by atoms with Gasteiger partial charge in [-0.15, -0.1) is 0 Å². The first-order valence-electron chi connectivity index (χ1n) is 7.20. The Labute approximate surface area is 138 Å². The van der Waals surface area contributed by atoms with Crippen molar-refractivity contribution in [1.82, 2.24) is 5.43 Å². The Morgan fingerprint density at radius 2 is 2.30 bits per heavy atom. The van der Waals surface area contributed by atoms with E-state index >= 15 is 0 Å². The van der Waals surface area contributed by atoms with Gasteiger partial charge in [-0.2, -0.15) is 16.9 Å². The molecule has 1 atom stereocenters. The topological polar surface area (TPSA) is 99.3 Å². The number of hydrogen-bond acceptors (Lipinski definition) is 5. The molecule has 2 aromatic rings. The average Bonchev–Trinajstić information content (AvgIpc) is 2.55. The van der Waals surface area contributed by atoms with E-state index in [-0.39, 0.29) is 22.9 Å². The van der Waals surface area contributed by atoms with Crippen molar-refractivity contribution < 1.29 is 14.9 Å². The summed E-state index contributed by atoms with van der Waals surface area (Å²) in [6, 6.07) is 5.04.